The van der Waals surface area contributed by atoms with E-state index in [1.165, 1.54) is 32.1 Å². The summed E-state index contributed by atoms with van der Waals surface area (Å²) < 4.78 is 0. The van der Waals surface area contributed by atoms with E-state index < -0.39 is 0 Å². The standard InChI is InChI=1S/C7H9N3O.C7H14.CH4/c1-3-5-6(4-8-2)10-7(11)9-5;1-7-5-3-2-4-6-7;/h3-4H,1H2,2H3,(H2,9,10,11);7H,2-6H2,1H3;1H4. The molecule has 0 atom stereocenters. The predicted octanol–water partition coefficient (Wildman–Crippen LogP) is 3.62. The van der Waals surface area contributed by atoms with Crippen molar-refractivity contribution in [1.29, 1.82) is 0 Å². The van der Waals surface area contributed by atoms with E-state index >= 15 is 0 Å². The van der Waals surface area contributed by atoms with Gasteiger partial charge in [-0.3, -0.25) is 4.99 Å². The van der Waals surface area contributed by atoms with Crippen molar-refractivity contribution in [3.05, 3.63) is 28.5 Å². The lowest BCUT2D eigenvalue weighted by molar-refractivity contribution is 0.385. The van der Waals surface area contributed by atoms with E-state index in [1.807, 2.05) is 0 Å². The summed E-state index contributed by atoms with van der Waals surface area (Å²) in [5.74, 6) is 1.04. The van der Waals surface area contributed by atoms with Crippen LogP contribution in [0.15, 0.2) is 16.4 Å². The molecule has 4 nitrogen and oxygen atoms in total. The summed E-state index contributed by atoms with van der Waals surface area (Å²) in [6.45, 7) is 5.90. The lowest BCUT2D eigenvalue weighted by atomic mass is 9.91. The third kappa shape index (κ3) is 6.22. The maximum atomic E-state index is 10.7. The van der Waals surface area contributed by atoms with E-state index in [1.54, 1.807) is 19.3 Å². The molecule has 1 saturated carbocycles. The lowest BCUT2D eigenvalue weighted by Crippen LogP contribution is -2.00. The number of hydrogen-bond donors (Lipinski definition) is 2. The van der Waals surface area contributed by atoms with Crippen LogP contribution in [0.4, 0.5) is 0 Å². The Morgan fingerprint density at radius 3 is 2.21 bits per heavy atom. The van der Waals surface area contributed by atoms with Gasteiger partial charge >= 0.3 is 5.69 Å². The summed E-state index contributed by atoms with van der Waals surface area (Å²) in [6.07, 6.45) is 10.6. The number of H-pyrrole nitrogens is 2. The van der Waals surface area contributed by atoms with Crippen molar-refractivity contribution in [2.24, 2.45) is 10.9 Å². The monoisotopic (exact) mass is 265 g/mol. The van der Waals surface area contributed by atoms with Crippen LogP contribution in [0, 0.1) is 5.92 Å². The molecule has 0 bridgehead atoms. The number of rotatable bonds is 2. The fourth-order valence-electron chi connectivity index (χ4n) is 2.11. The first-order chi connectivity index (χ1) is 8.67. The minimum Gasteiger partial charge on any atom is -0.306 e. The molecule has 0 saturated heterocycles. The van der Waals surface area contributed by atoms with E-state index in [2.05, 4.69) is 28.5 Å². The van der Waals surface area contributed by atoms with Crippen molar-refractivity contribution in [2.75, 3.05) is 7.05 Å². The number of aromatic nitrogens is 2. The molecule has 4 heteroatoms. The summed E-state index contributed by atoms with van der Waals surface area (Å²) in [4.78, 5) is 19.6. The zero-order valence-corrected chi connectivity index (χ0v) is 11.3. The van der Waals surface area contributed by atoms with Crippen LogP contribution in [-0.2, 0) is 0 Å². The molecule has 0 aromatic carbocycles. The Bertz CT molecular complexity index is 436. The number of aromatic amines is 2. The largest absolute Gasteiger partial charge is 0.323 e. The Labute approximate surface area is 116 Å². The minimum absolute atomic E-state index is 0. The molecule has 1 aliphatic rings. The first kappa shape index (κ1) is 17.4. The van der Waals surface area contributed by atoms with Crippen molar-refractivity contribution in [2.45, 2.75) is 46.5 Å². The van der Waals surface area contributed by atoms with Crippen molar-refractivity contribution < 1.29 is 0 Å². The number of nitrogens with zero attached hydrogens (tertiary/aromatic N) is 1. The van der Waals surface area contributed by atoms with Crippen molar-refractivity contribution >= 4 is 12.3 Å². The van der Waals surface area contributed by atoms with Gasteiger partial charge < -0.3 is 9.97 Å². The first-order valence-corrected chi connectivity index (χ1v) is 6.54. The molecule has 108 valence electrons. The predicted molar refractivity (Wildman–Crippen MR) is 84.0 cm³/mol. The average molecular weight is 265 g/mol. The topological polar surface area (TPSA) is 61.0 Å². The van der Waals surface area contributed by atoms with Gasteiger partial charge in [-0.15, -0.1) is 0 Å². The molecule has 1 heterocycles. The highest BCUT2D eigenvalue weighted by Gasteiger charge is 2.05. The van der Waals surface area contributed by atoms with Gasteiger partial charge in [0.2, 0.25) is 0 Å². The van der Waals surface area contributed by atoms with Crippen molar-refractivity contribution in [1.82, 2.24) is 9.97 Å². The second kappa shape index (κ2) is 9.36. The van der Waals surface area contributed by atoms with Crippen molar-refractivity contribution in [3.8, 4) is 0 Å². The van der Waals surface area contributed by atoms with E-state index in [0.29, 0.717) is 11.4 Å². The molecule has 19 heavy (non-hydrogen) atoms. The molecule has 2 N–H and O–H groups in total. The van der Waals surface area contributed by atoms with Crippen LogP contribution in [0.2, 0.25) is 0 Å². The second-order valence-corrected chi connectivity index (χ2v) is 4.74. The second-order valence-electron chi connectivity index (χ2n) is 4.74. The number of aliphatic imine (C=N–C) groups is 1. The van der Waals surface area contributed by atoms with E-state index in [4.69, 9.17) is 0 Å². The molecule has 0 aliphatic heterocycles. The van der Waals surface area contributed by atoms with Gasteiger partial charge in [-0.1, -0.05) is 53.0 Å². The van der Waals surface area contributed by atoms with Gasteiger partial charge in [-0.05, 0) is 12.0 Å². The van der Waals surface area contributed by atoms with Crippen LogP contribution in [0.3, 0.4) is 0 Å². The summed E-state index contributed by atoms with van der Waals surface area (Å²) in [7, 11) is 1.64. The van der Waals surface area contributed by atoms with Crippen LogP contribution >= 0.6 is 0 Å². The van der Waals surface area contributed by atoms with Crippen molar-refractivity contribution in [3.63, 3.8) is 0 Å². The third-order valence-electron chi connectivity index (χ3n) is 3.14. The lowest BCUT2D eigenvalue weighted by Gasteiger charge is -2.15. The van der Waals surface area contributed by atoms with Crippen LogP contribution in [-0.4, -0.2) is 23.2 Å². The molecular formula is C15H27N3O. The Hall–Kier alpha value is -1.58. The SMILES string of the molecule is C.C=Cc1[nH]c(=O)[nH]c1C=NC.CC1CCCCC1. The van der Waals surface area contributed by atoms with Crippen LogP contribution in [0.5, 0.6) is 0 Å². The molecule has 0 radical (unpaired) electrons. The molecular weight excluding hydrogens is 238 g/mol. The molecule has 2 rings (SSSR count). The number of nitrogens with one attached hydrogen (secondary N) is 2. The van der Waals surface area contributed by atoms with Crippen LogP contribution in [0.1, 0.15) is 57.8 Å². The van der Waals surface area contributed by atoms with Gasteiger partial charge in [0.15, 0.2) is 0 Å². The Kier molecular flexibility index (Phi) is 8.58. The van der Waals surface area contributed by atoms with E-state index in [0.717, 1.165) is 5.92 Å². The third-order valence-corrected chi connectivity index (χ3v) is 3.14. The molecule has 1 fully saturated rings. The fraction of sp³-hybridized carbons (Fsp3) is 0.600. The van der Waals surface area contributed by atoms with Gasteiger partial charge in [0.05, 0.1) is 11.4 Å². The summed E-state index contributed by atoms with van der Waals surface area (Å²) in [5, 5.41) is 0. The Balaban J connectivity index is 0.000000352. The zero-order chi connectivity index (χ0) is 13.4. The van der Waals surface area contributed by atoms with Gasteiger partial charge in [0.25, 0.3) is 0 Å². The van der Waals surface area contributed by atoms with Gasteiger partial charge in [0.1, 0.15) is 0 Å². The summed E-state index contributed by atoms with van der Waals surface area (Å²) in [5.41, 5.74) is 1.09. The maximum Gasteiger partial charge on any atom is 0.323 e. The fourth-order valence-corrected chi connectivity index (χ4v) is 2.11. The number of hydrogen-bond acceptors (Lipinski definition) is 2. The summed E-state index contributed by atoms with van der Waals surface area (Å²) >= 11 is 0. The Morgan fingerprint density at radius 1 is 1.21 bits per heavy atom. The smallest absolute Gasteiger partial charge is 0.306 e. The molecule has 1 aromatic heterocycles. The summed E-state index contributed by atoms with van der Waals surface area (Å²) in [6, 6.07) is 0. The normalized spacial score (nSPS) is 15.5. The molecule has 0 spiro atoms. The first-order valence-electron chi connectivity index (χ1n) is 6.54. The molecule has 0 amide bonds. The van der Waals surface area contributed by atoms with E-state index in [-0.39, 0.29) is 13.1 Å². The van der Waals surface area contributed by atoms with Gasteiger partial charge in [0, 0.05) is 13.3 Å². The van der Waals surface area contributed by atoms with Gasteiger partial charge in [-0.2, -0.15) is 0 Å². The maximum absolute atomic E-state index is 10.7. The van der Waals surface area contributed by atoms with Crippen LogP contribution in [0.25, 0.3) is 6.08 Å². The highest BCUT2D eigenvalue weighted by molar-refractivity contribution is 5.81. The Morgan fingerprint density at radius 2 is 1.79 bits per heavy atom. The molecule has 1 aromatic rings. The van der Waals surface area contributed by atoms with Gasteiger partial charge in [-0.25, -0.2) is 4.79 Å². The minimum atomic E-state index is -0.241. The van der Waals surface area contributed by atoms with E-state index in [9.17, 15) is 4.79 Å². The molecule has 1 aliphatic carbocycles. The zero-order valence-electron chi connectivity index (χ0n) is 11.3. The average Bonchev–Trinajstić information content (AvgIpc) is 2.72. The highest BCUT2D eigenvalue weighted by Crippen LogP contribution is 2.22. The highest BCUT2D eigenvalue weighted by atomic mass is 16.1. The van der Waals surface area contributed by atoms with Crippen LogP contribution < -0.4 is 5.69 Å². The number of imidazole rings is 1. The molecule has 0 unspecified atom stereocenters. The quantitative estimate of drug-likeness (QED) is 0.788.